The molecule has 41 heavy (non-hydrogen) atoms. The number of esters is 1. The zero-order chi connectivity index (χ0) is 29.4. The molecule has 5 rings (SSSR count). The molecule has 0 radical (unpaired) electrons. The summed E-state index contributed by atoms with van der Waals surface area (Å²) in [5.74, 6) is -1.52. The molecular weight excluding hydrogens is 565 g/mol. The number of alkyl halides is 3. The molecule has 2 saturated heterocycles. The number of hydrogen-bond acceptors (Lipinski definition) is 7. The first-order valence-electron chi connectivity index (χ1n) is 13.6. The number of aryl methyl sites for hydroxylation is 1. The van der Waals surface area contributed by atoms with Gasteiger partial charge in [0.25, 0.3) is 5.91 Å². The lowest BCUT2D eigenvalue weighted by Crippen LogP contribution is -2.49. The summed E-state index contributed by atoms with van der Waals surface area (Å²) in [6.45, 7) is 3.62. The van der Waals surface area contributed by atoms with Gasteiger partial charge in [-0.25, -0.2) is 4.79 Å². The van der Waals surface area contributed by atoms with Crippen molar-refractivity contribution >= 4 is 23.5 Å². The first-order chi connectivity index (χ1) is 19.4. The first kappa shape index (κ1) is 29.5. The maximum atomic E-state index is 13.2. The lowest BCUT2D eigenvalue weighted by Gasteiger charge is -2.39. The number of hydrogen-bond donors (Lipinski definition) is 1. The summed E-state index contributed by atoms with van der Waals surface area (Å²) in [5, 5.41) is 11.5. The van der Waals surface area contributed by atoms with Crippen LogP contribution in [0.15, 0.2) is 36.4 Å². The number of aliphatic hydroxyl groups excluding tert-OH is 1. The van der Waals surface area contributed by atoms with Crippen molar-refractivity contribution in [3.63, 3.8) is 0 Å². The van der Waals surface area contributed by atoms with E-state index in [0.717, 1.165) is 43.7 Å². The van der Waals surface area contributed by atoms with E-state index < -0.39 is 30.3 Å². The van der Waals surface area contributed by atoms with Crippen molar-refractivity contribution in [3.8, 4) is 11.5 Å². The van der Waals surface area contributed by atoms with Crippen LogP contribution in [0.5, 0.6) is 11.5 Å². The number of halogens is 4. The van der Waals surface area contributed by atoms with Crippen LogP contribution < -0.4 is 9.47 Å². The fourth-order valence-electron chi connectivity index (χ4n) is 5.76. The van der Waals surface area contributed by atoms with Gasteiger partial charge >= 0.3 is 12.1 Å². The van der Waals surface area contributed by atoms with Crippen LogP contribution >= 0.6 is 11.6 Å². The Bertz CT molecular complexity index is 1300. The third-order valence-electron chi connectivity index (χ3n) is 7.90. The Morgan fingerprint density at radius 1 is 1.20 bits per heavy atom. The Morgan fingerprint density at radius 3 is 2.68 bits per heavy atom. The van der Waals surface area contributed by atoms with Crippen LogP contribution in [0.25, 0.3) is 0 Å². The van der Waals surface area contributed by atoms with Gasteiger partial charge < -0.3 is 29.1 Å². The third kappa shape index (κ3) is 6.73. The summed E-state index contributed by atoms with van der Waals surface area (Å²) < 4.78 is 54.4. The number of benzene rings is 2. The number of ether oxygens (including phenoxy) is 3. The summed E-state index contributed by atoms with van der Waals surface area (Å²) in [6, 6.07) is 10.7. The van der Waals surface area contributed by atoms with E-state index in [1.54, 1.807) is 25.1 Å². The van der Waals surface area contributed by atoms with Gasteiger partial charge in [0, 0.05) is 56.9 Å². The predicted octanol–water partition coefficient (Wildman–Crippen LogP) is 4.18. The molecular formula is C29H32ClF3N2O6. The number of nitrogens with zero attached hydrogens (tertiary/aromatic N) is 2. The number of β-amino-alcohol motifs (C(OH)–C–C–N with tert-alkyl or cyclic N) is 1. The summed E-state index contributed by atoms with van der Waals surface area (Å²) in [7, 11) is 0. The number of likely N-dealkylation sites (tertiary alicyclic amines) is 2. The van der Waals surface area contributed by atoms with Gasteiger partial charge in [0.05, 0.1) is 12.1 Å². The first-order valence-corrected chi connectivity index (χ1v) is 14.0. The van der Waals surface area contributed by atoms with Crippen molar-refractivity contribution in [2.45, 2.75) is 56.6 Å². The highest BCUT2D eigenvalue weighted by Crippen LogP contribution is 2.42. The Morgan fingerprint density at radius 2 is 1.95 bits per heavy atom. The topological polar surface area (TPSA) is 88.5 Å². The van der Waals surface area contributed by atoms with E-state index in [-0.39, 0.29) is 37.3 Å². The maximum Gasteiger partial charge on any atom is 0.490 e. The van der Waals surface area contributed by atoms with Gasteiger partial charge in [-0.1, -0.05) is 23.7 Å². The van der Waals surface area contributed by atoms with E-state index in [2.05, 4.69) is 9.64 Å². The average Bonchev–Trinajstić information content (AvgIpc) is 3.52. The van der Waals surface area contributed by atoms with Crippen LogP contribution in [0.3, 0.4) is 0 Å². The lowest BCUT2D eigenvalue weighted by atomic mass is 9.87. The lowest BCUT2D eigenvalue weighted by molar-refractivity contribution is -0.204. The van der Waals surface area contributed by atoms with E-state index in [1.807, 2.05) is 18.2 Å². The zero-order valence-corrected chi connectivity index (χ0v) is 23.3. The number of carbonyl (C=O) groups excluding carboxylic acids is 2. The minimum atomic E-state index is -5.09. The SMILES string of the molecule is Cc1cccc(C(=O)N2CC[C@H](OC(=O)C(F)(F)F)C2)c1OC[C@H](O)CN1CCC2(CC1)Cc1cc(Cl)ccc1O2. The maximum absolute atomic E-state index is 13.2. The molecule has 0 aromatic heterocycles. The summed E-state index contributed by atoms with van der Waals surface area (Å²) >= 11 is 6.14. The van der Waals surface area contributed by atoms with Gasteiger partial charge in [0.2, 0.25) is 0 Å². The fourth-order valence-corrected chi connectivity index (χ4v) is 5.96. The van der Waals surface area contributed by atoms with Crippen molar-refractivity contribution in [2.24, 2.45) is 0 Å². The smallest absolute Gasteiger partial charge is 0.490 e. The van der Waals surface area contributed by atoms with Gasteiger partial charge in [0.15, 0.2) is 0 Å². The molecule has 1 amide bonds. The van der Waals surface area contributed by atoms with E-state index in [9.17, 15) is 27.9 Å². The third-order valence-corrected chi connectivity index (χ3v) is 8.13. The number of rotatable bonds is 7. The van der Waals surface area contributed by atoms with Crippen molar-refractivity contribution in [2.75, 3.05) is 39.3 Å². The van der Waals surface area contributed by atoms with Crippen LogP contribution in [0.4, 0.5) is 13.2 Å². The molecule has 0 saturated carbocycles. The average molecular weight is 597 g/mol. The van der Waals surface area contributed by atoms with Gasteiger partial charge in [-0.2, -0.15) is 13.2 Å². The van der Waals surface area contributed by atoms with Crippen LogP contribution in [-0.4, -0.2) is 90.1 Å². The standard InChI is InChI=1S/C29H32ClF3N2O6/c1-18-3-2-4-23(26(37)35-10-7-22(16-35)40-27(38)29(31,32)33)25(18)39-17-21(36)15-34-11-8-28(9-12-34)14-19-13-20(30)5-6-24(19)41-28/h2-6,13,21-22,36H,7-12,14-17H2,1H3/t21-,22+/m1/s1. The molecule has 0 unspecified atom stereocenters. The highest BCUT2D eigenvalue weighted by molar-refractivity contribution is 6.30. The molecule has 3 heterocycles. The van der Waals surface area contributed by atoms with E-state index >= 15 is 0 Å². The fraction of sp³-hybridized carbons (Fsp3) is 0.517. The molecule has 2 aromatic rings. The van der Waals surface area contributed by atoms with Gasteiger partial charge in [-0.05, 0) is 42.3 Å². The second-order valence-corrected chi connectivity index (χ2v) is 11.4. The molecule has 2 fully saturated rings. The number of fused-ring (bicyclic) bond motifs is 1. The Balaban J connectivity index is 1.12. The highest BCUT2D eigenvalue weighted by atomic mass is 35.5. The minimum Gasteiger partial charge on any atom is -0.490 e. The molecule has 2 atom stereocenters. The van der Waals surface area contributed by atoms with E-state index in [1.165, 1.54) is 4.90 Å². The number of carbonyl (C=O) groups is 2. The molecule has 12 heteroatoms. The zero-order valence-electron chi connectivity index (χ0n) is 22.6. The summed E-state index contributed by atoms with van der Waals surface area (Å²) in [6.07, 6.45) is -4.38. The Kier molecular flexibility index (Phi) is 8.41. The monoisotopic (exact) mass is 596 g/mol. The molecule has 222 valence electrons. The molecule has 1 spiro atoms. The van der Waals surface area contributed by atoms with Crippen molar-refractivity contribution in [1.82, 2.24) is 9.80 Å². The van der Waals surface area contributed by atoms with Crippen molar-refractivity contribution in [1.29, 1.82) is 0 Å². The normalized spacial score (nSPS) is 20.9. The molecule has 8 nitrogen and oxygen atoms in total. The van der Waals surface area contributed by atoms with Crippen LogP contribution in [0, 0.1) is 6.92 Å². The largest absolute Gasteiger partial charge is 0.490 e. The predicted molar refractivity (Wildman–Crippen MR) is 143 cm³/mol. The molecule has 0 bridgehead atoms. The van der Waals surface area contributed by atoms with E-state index in [0.29, 0.717) is 22.9 Å². The van der Waals surface area contributed by atoms with Gasteiger partial charge in [0.1, 0.15) is 35.9 Å². The van der Waals surface area contributed by atoms with Gasteiger partial charge in [-0.15, -0.1) is 0 Å². The van der Waals surface area contributed by atoms with Gasteiger partial charge in [-0.3, -0.25) is 4.79 Å². The van der Waals surface area contributed by atoms with Crippen LogP contribution in [-0.2, 0) is 16.0 Å². The number of amides is 1. The summed E-state index contributed by atoms with van der Waals surface area (Å²) in [4.78, 5) is 27.9. The summed E-state index contributed by atoms with van der Waals surface area (Å²) in [5.41, 5.74) is 1.79. The number of piperidine rings is 1. The second kappa shape index (κ2) is 11.7. The number of para-hydroxylation sites is 1. The molecule has 2 aromatic carbocycles. The molecule has 3 aliphatic heterocycles. The minimum absolute atomic E-state index is 0.0426. The van der Waals surface area contributed by atoms with E-state index in [4.69, 9.17) is 21.1 Å². The van der Waals surface area contributed by atoms with Crippen molar-refractivity contribution in [3.05, 3.63) is 58.1 Å². The number of aliphatic hydroxyl groups is 1. The second-order valence-electron chi connectivity index (χ2n) is 11.0. The highest BCUT2D eigenvalue weighted by Gasteiger charge is 2.44. The molecule has 1 N–H and O–H groups in total. The molecule has 3 aliphatic rings. The quantitative estimate of drug-likeness (QED) is 0.480. The van der Waals surface area contributed by atoms with Crippen LogP contribution in [0.2, 0.25) is 5.02 Å². The Labute approximate surface area is 240 Å². The van der Waals surface area contributed by atoms with Crippen LogP contribution in [0.1, 0.15) is 40.7 Å². The Hall–Kier alpha value is -3.02. The molecule has 0 aliphatic carbocycles. The van der Waals surface area contributed by atoms with Crippen molar-refractivity contribution < 1.29 is 42.1 Å².